The SMILES string of the molecule is CCCC(O)C(CC)n1ccnc1C. The molecule has 2 unspecified atom stereocenters. The van der Waals surface area contributed by atoms with Gasteiger partial charge in [-0.1, -0.05) is 20.3 Å². The highest BCUT2D eigenvalue weighted by Crippen LogP contribution is 2.20. The molecule has 0 aliphatic carbocycles. The van der Waals surface area contributed by atoms with Crippen LogP contribution in [-0.2, 0) is 0 Å². The predicted octanol–water partition coefficient (Wildman–Crippen LogP) is 2.30. The van der Waals surface area contributed by atoms with Gasteiger partial charge in [-0.3, -0.25) is 0 Å². The highest BCUT2D eigenvalue weighted by atomic mass is 16.3. The fraction of sp³-hybridized carbons (Fsp3) is 0.727. The summed E-state index contributed by atoms with van der Waals surface area (Å²) in [4.78, 5) is 4.18. The van der Waals surface area contributed by atoms with E-state index in [9.17, 15) is 5.11 Å². The van der Waals surface area contributed by atoms with E-state index in [1.165, 1.54) is 0 Å². The summed E-state index contributed by atoms with van der Waals surface area (Å²) >= 11 is 0. The maximum atomic E-state index is 9.96. The quantitative estimate of drug-likeness (QED) is 0.784. The average Bonchev–Trinajstić information content (AvgIpc) is 2.54. The van der Waals surface area contributed by atoms with Crippen LogP contribution in [0.4, 0.5) is 0 Å². The van der Waals surface area contributed by atoms with Crippen molar-refractivity contribution in [2.45, 2.75) is 52.2 Å². The van der Waals surface area contributed by atoms with E-state index in [-0.39, 0.29) is 12.1 Å². The van der Waals surface area contributed by atoms with E-state index in [4.69, 9.17) is 0 Å². The molecule has 1 aromatic heterocycles. The molecule has 0 aromatic carbocycles. The van der Waals surface area contributed by atoms with E-state index >= 15 is 0 Å². The lowest BCUT2D eigenvalue weighted by Gasteiger charge is -2.23. The second-order valence-corrected chi connectivity index (χ2v) is 3.71. The van der Waals surface area contributed by atoms with Gasteiger partial charge in [0.1, 0.15) is 5.82 Å². The summed E-state index contributed by atoms with van der Waals surface area (Å²) in [5, 5.41) is 9.96. The third-order valence-corrected chi connectivity index (χ3v) is 2.67. The Morgan fingerprint density at radius 3 is 2.64 bits per heavy atom. The van der Waals surface area contributed by atoms with Crippen LogP contribution < -0.4 is 0 Å². The van der Waals surface area contributed by atoms with Gasteiger partial charge in [0, 0.05) is 12.4 Å². The lowest BCUT2D eigenvalue weighted by Crippen LogP contribution is -2.23. The molecule has 0 saturated carbocycles. The maximum Gasteiger partial charge on any atom is 0.105 e. The minimum absolute atomic E-state index is 0.178. The van der Waals surface area contributed by atoms with E-state index in [2.05, 4.69) is 23.4 Å². The first-order valence-corrected chi connectivity index (χ1v) is 5.38. The molecule has 3 nitrogen and oxygen atoms in total. The van der Waals surface area contributed by atoms with Crippen LogP contribution in [-0.4, -0.2) is 20.8 Å². The molecule has 0 amide bonds. The average molecular weight is 196 g/mol. The number of aliphatic hydroxyl groups is 1. The lowest BCUT2D eigenvalue weighted by atomic mass is 10.0. The Morgan fingerprint density at radius 2 is 2.21 bits per heavy atom. The van der Waals surface area contributed by atoms with Gasteiger partial charge in [0.25, 0.3) is 0 Å². The van der Waals surface area contributed by atoms with Gasteiger partial charge in [0.15, 0.2) is 0 Å². The molecule has 0 bridgehead atoms. The van der Waals surface area contributed by atoms with Crippen molar-refractivity contribution in [3.05, 3.63) is 18.2 Å². The first kappa shape index (κ1) is 11.2. The maximum absolute atomic E-state index is 9.96. The minimum atomic E-state index is -0.252. The molecule has 0 saturated heterocycles. The van der Waals surface area contributed by atoms with Gasteiger partial charge >= 0.3 is 0 Å². The Labute approximate surface area is 85.8 Å². The zero-order valence-corrected chi connectivity index (χ0v) is 9.27. The molecule has 0 spiro atoms. The molecule has 2 atom stereocenters. The van der Waals surface area contributed by atoms with Crippen LogP contribution in [0.15, 0.2) is 12.4 Å². The summed E-state index contributed by atoms with van der Waals surface area (Å²) in [6.07, 6.45) is 6.30. The molecule has 1 heterocycles. The van der Waals surface area contributed by atoms with Crippen LogP contribution in [0, 0.1) is 6.92 Å². The van der Waals surface area contributed by atoms with Gasteiger partial charge in [-0.25, -0.2) is 4.98 Å². The van der Waals surface area contributed by atoms with Gasteiger partial charge in [-0.2, -0.15) is 0 Å². The number of imidazole rings is 1. The van der Waals surface area contributed by atoms with Gasteiger partial charge < -0.3 is 9.67 Å². The molecule has 1 rings (SSSR count). The largest absolute Gasteiger partial charge is 0.391 e. The molecule has 1 N–H and O–H groups in total. The second kappa shape index (κ2) is 5.15. The molecular weight excluding hydrogens is 176 g/mol. The van der Waals surface area contributed by atoms with E-state index in [1.807, 2.05) is 13.1 Å². The van der Waals surface area contributed by atoms with Gasteiger partial charge in [0.05, 0.1) is 12.1 Å². The van der Waals surface area contributed by atoms with Crippen molar-refractivity contribution in [2.24, 2.45) is 0 Å². The zero-order chi connectivity index (χ0) is 10.6. The second-order valence-electron chi connectivity index (χ2n) is 3.71. The molecule has 80 valence electrons. The first-order chi connectivity index (χ1) is 6.70. The van der Waals surface area contributed by atoms with Crippen molar-refractivity contribution < 1.29 is 5.11 Å². The van der Waals surface area contributed by atoms with Crippen LogP contribution in [0.5, 0.6) is 0 Å². The van der Waals surface area contributed by atoms with Gasteiger partial charge in [-0.15, -0.1) is 0 Å². The Morgan fingerprint density at radius 1 is 1.50 bits per heavy atom. The smallest absolute Gasteiger partial charge is 0.105 e. The van der Waals surface area contributed by atoms with Crippen LogP contribution in [0.3, 0.4) is 0 Å². The molecular formula is C11H20N2O. The van der Waals surface area contributed by atoms with E-state index in [0.29, 0.717) is 0 Å². The number of hydrogen-bond acceptors (Lipinski definition) is 2. The Hall–Kier alpha value is -0.830. The third kappa shape index (κ3) is 2.35. The number of aromatic nitrogens is 2. The number of hydrogen-bond donors (Lipinski definition) is 1. The highest BCUT2D eigenvalue weighted by molar-refractivity contribution is 4.93. The minimum Gasteiger partial charge on any atom is -0.391 e. The summed E-state index contributed by atoms with van der Waals surface area (Å²) in [5.41, 5.74) is 0. The normalized spacial score (nSPS) is 15.4. The third-order valence-electron chi connectivity index (χ3n) is 2.67. The predicted molar refractivity (Wildman–Crippen MR) is 57.2 cm³/mol. The van der Waals surface area contributed by atoms with Gasteiger partial charge in [0.2, 0.25) is 0 Å². The summed E-state index contributed by atoms with van der Waals surface area (Å²) in [6.45, 7) is 6.17. The van der Waals surface area contributed by atoms with E-state index in [0.717, 1.165) is 25.1 Å². The van der Waals surface area contributed by atoms with E-state index in [1.54, 1.807) is 6.20 Å². The molecule has 1 aromatic rings. The fourth-order valence-corrected chi connectivity index (χ4v) is 1.88. The topological polar surface area (TPSA) is 38.0 Å². The van der Waals surface area contributed by atoms with Crippen LogP contribution in [0.25, 0.3) is 0 Å². The molecule has 0 aliphatic rings. The van der Waals surface area contributed by atoms with Crippen LogP contribution >= 0.6 is 0 Å². The number of aliphatic hydroxyl groups excluding tert-OH is 1. The standard InChI is InChI=1S/C11H20N2O/c1-4-6-11(14)10(5-2)13-8-7-12-9(13)3/h7-8,10-11,14H,4-6H2,1-3H3. The van der Waals surface area contributed by atoms with Crippen molar-refractivity contribution >= 4 is 0 Å². The number of nitrogens with zero attached hydrogens (tertiary/aromatic N) is 2. The first-order valence-electron chi connectivity index (χ1n) is 5.38. The Balaban J connectivity index is 2.76. The van der Waals surface area contributed by atoms with E-state index < -0.39 is 0 Å². The number of rotatable bonds is 5. The Bertz CT molecular complexity index is 270. The number of aryl methyl sites for hydroxylation is 1. The molecule has 0 fully saturated rings. The summed E-state index contributed by atoms with van der Waals surface area (Å²) in [7, 11) is 0. The molecule has 0 radical (unpaired) electrons. The van der Waals surface area contributed by atoms with Crippen molar-refractivity contribution in [2.75, 3.05) is 0 Å². The van der Waals surface area contributed by atoms with Crippen molar-refractivity contribution in [3.63, 3.8) is 0 Å². The molecule has 3 heteroatoms. The van der Waals surface area contributed by atoms with Crippen molar-refractivity contribution in [3.8, 4) is 0 Å². The summed E-state index contributed by atoms with van der Waals surface area (Å²) in [6, 6.07) is 0.178. The van der Waals surface area contributed by atoms with Gasteiger partial charge in [-0.05, 0) is 19.8 Å². The van der Waals surface area contributed by atoms with Crippen LogP contribution in [0.2, 0.25) is 0 Å². The fourth-order valence-electron chi connectivity index (χ4n) is 1.88. The Kier molecular flexibility index (Phi) is 4.14. The lowest BCUT2D eigenvalue weighted by molar-refractivity contribution is 0.0993. The zero-order valence-electron chi connectivity index (χ0n) is 9.27. The van der Waals surface area contributed by atoms with Crippen molar-refractivity contribution in [1.82, 2.24) is 9.55 Å². The van der Waals surface area contributed by atoms with Crippen molar-refractivity contribution in [1.29, 1.82) is 0 Å². The molecule has 14 heavy (non-hydrogen) atoms. The van der Waals surface area contributed by atoms with Crippen LogP contribution in [0.1, 0.15) is 45.0 Å². The summed E-state index contributed by atoms with van der Waals surface area (Å²) < 4.78 is 2.07. The monoisotopic (exact) mass is 196 g/mol. The highest BCUT2D eigenvalue weighted by Gasteiger charge is 2.19. The molecule has 0 aliphatic heterocycles. The summed E-state index contributed by atoms with van der Waals surface area (Å²) in [5.74, 6) is 0.979.